The smallest absolute Gasteiger partial charge is 0.392 e. The van der Waals surface area contributed by atoms with E-state index in [1.807, 2.05) is 0 Å². The minimum Gasteiger partial charge on any atom is -0.392 e. The third kappa shape index (κ3) is 2.13. The van der Waals surface area contributed by atoms with Gasteiger partial charge in [-0.15, -0.1) is 0 Å². The summed E-state index contributed by atoms with van der Waals surface area (Å²) in [6.07, 6.45) is -4.81. The summed E-state index contributed by atoms with van der Waals surface area (Å²) in [5.74, 6) is 0. The Balaban J connectivity index is 3.56. The minimum absolute atomic E-state index is 0.0259. The average Bonchev–Trinajstić information content (AvgIpc) is 2.14. The van der Waals surface area contributed by atoms with Gasteiger partial charge in [-0.2, -0.15) is 13.2 Å². The number of hydrogen-bond donors (Lipinski definition) is 1. The van der Waals surface area contributed by atoms with E-state index < -0.39 is 29.0 Å². The van der Waals surface area contributed by atoms with Crippen molar-refractivity contribution in [1.82, 2.24) is 0 Å². The van der Waals surface area contributed by atoms with Crippen LogP contribution < -0.4 is 0 Å². The highest BCUT2D eigenvalue weighted by Crippen LogP contribution is 2.39. The molecule has 16 heavy (non-hydrogen) atoms. The van der Waals surface area contributed by atoms with Crippen LogP contribution in [0.15, 0.2) is 12.1 Å². The van der Waals surface area contributed by atoms with Gasteiger partial charge in [0.15, 0.2) is 0 Å². The third-order valence-electron chi connectivity index (χ3n) is 2.21. The van der Waals surface area contributed by atoms with E-state index in [4.69, 9.17) is 5.11 Å². The first-order chi connectivity index (χ1) is 7.29. The van der Waals surface area contributed by atoms with Crippen LogP contribution in [-0.2, 0) is 12.8 Å². The molecule has 0 saturated carbocycles. The van der Waals surface area contributed by atoms with Gasteiger partial charge in [0.25, 0.3) is 5.69 Å². The first-order valence-electron chi connectivity index (χ1n) is 4.24. The summed E-state index contributed by atoms with van der Waals surface area (Å²) in [5, 5.41) is 19.3. The largest absolute Gasteiger partial charge is 0.423 e. The summed E-state index contributed by atoms with van der Waals surface area (Å²) >= 11 is 0. The van der Waals surface area contributed by atoms with Crippen LogP contribution in [0, 0.1) is 17.0 Å². The monoisotopic (exact) mass is 235 g/mol. The van der Waals surface area contributed by atoms with Crippen LogP contribution >= 0.6 is 0 Å². The molecule has 1 aromatic rings. The molecule has 0 aromatic heterocycles. The van der Waals surface area contributed by atoms with Gasteiger partial charge in [0, 0.05) is 6.07 Å². The zero-order valence-electron chi connectivity index (χ0n) is 8.21. The first kappa shape index (κ1) is 12.4. The van der Waals surface area contributed by atoms with Gasteiger partial charge in [0.2, 0.25) is 0 Å². The fraction of sp³-hybridized carbons (Fsp3) is 0.333. The summed E-state index contributed by atoms with van der Waals surface area (Å²) in [5.41, 5.74) is -2.59. The molecule has 0 spiro atoms. The lowest BCUT2D eigenvalue weighted by atomic mass is 10.0. The van der Waals surface area contributed by atoms with Crippen LogP contribution in [0.4, 0.5) is 18.9 Å². The first-order valence-corrected chi connectivity index (χ1v) is 4.24. The molecule has 0 radical (unpaired) electrons. The highest BCUT2D eigenvalue weighted by atomic mass is 19.4. The van der Waals surface area contributed by atoms with E-state index in [2.05, 4.69) is 0 Å². The molecule has 1 aromatic carbocycles. The molecular weight excluding hydrogens is 227 g/mol. The SMILES string of the molecule is Cc1c(CO)ccc([N+](=O)[O-])c1C(F)(F)F. The topological polar surface area (TPSA) is 63.4 Å². The Morgan fingerprint density at radius 3 is 2.38 bits per heavy atom. The van der Waals surface area contributed by atoms with E-state index in [0.717, 1.165) is 19.1 Å². The molecule has 0 amide bonds. The lowest BCUT2D eigenvalue weighted by molar-refractivity contribution is -0.388. The van der Waals surface area contributed by atoms with Gasteiger partial charge >= 0.3 is 6.18 Å². The maximum absolute atomic E-state index is 12.6. The molecule has 0 saturated heterocycles. The molecule has 88 valence electrons. The van der Waals surface area contributed by atoms with Crippen LogP contribution in [0.1, 0.15) is 16.7 Å². The predicted molar refractivity (Wildman–Crippen MR) is 48.8 cm³/mol. The number of rotatable bonds is 2. The predicted octanol–water partition coefficient (Wildman–Crippen LogP) is 2.41. The summed E-state index contributed by atoms with van der Waals surface area (Å²) < 4.78 is 37.8. The molecule has 0 heterocycles. The number of aliphatic hydroxyl groups excluding tert-OH is 1. The van der Waals surface area contributed by atoms with Crippen molar-refractivity contribution in [3.63, 3.8) is 0 Å². The zero-order valence-corrected chi connectivity index (χ0v) is 8.21. The van der Waals surface area contributed by atoms with Gasteiger partial charge in [0.05, 0.1) is 11.5 Å². The second-order valence-corrected chi connectivity index (χ2v) is 3.16. The van der Waals surface area contributed by atoms with Crippen molar-refractivity contribution in [2.24, 2.45) is 0 Å². The fourth-order valence-corrected chi connectivity index (χ4v) is 1.42. The average molecular weight is 235 g/mol. The number of benzene rings is 1. The number of alkyl halides is 3. The molecule has 7 heteroatoms. The Morgan fingerprint density at radius 2 is 2.00 bits per heavy atom. The van der Waals surface area contributed by atoms with E-state index in [9.17, 15) is 23.3 Å². The molecule has 1 rings (SSSR count). The Morgan fingerprint density at radius 1 is 1.44 bits per heavy atom. The van der Waals surface area contributed by atoms with Crippen LogP contribution in [0.25, 0.3) is 0 Å². The third-order valence-corrected chi connectivity index (χ3v) is 2.21. The van der Waals surface area contributed by atoms with Gasteiger partial charge in [-0.1, -0.05) is 0 Å². The Bertz CT molecular complexity index is 429. The lowest BCUT2D eigenvalue weighted by Gasteiger charge is -2.12. The van der Waals surface area contributed by atoms with E-state index in [0.29, 0.717) is 0 Å². The van der Waals surface area contributed by atoms with Crippen molar-refractivity contribution >= 4 is 5.69 Å². The van der Waals surface area contributed by atoms with E-state index in [-0.39, 0.29) is 11.1 Å². The Labute approximate surface area is 88.5 Å². The maximum Gasteiger partial charge on any atom is 0.423 e. The molecule has 0 aliphatic rings. The van der Waals surface area contributed by atoms with Crippen molar-refractivity contribution in [2.75, 3.05) is 0 Å². The van der Waals surface area contributed by atoms with Crippen LogP contribution in [-0.4, -0.2) is 10.0 Å². The highest BCUT2D eigenvalue weighted by molar-refractivity contribution is 5.50. The van der Waals surface area contributed by atoms with E-state index in [1.54, 1.807) is 0 Å². The number of nitrogens with zero attached hydrogens (tertiary/aromatic N) is 1. The number of nitro groups is 1. The Hall–Kier alpha value is -1.63. The molecule has 0 atom stereocenters. The second kappa shape index (κ2) is 4.09. The van der Waals surface area contributed by atoms with Crippen LogP contribution in [0.3, 0.4) is 0 Å². The summed E-state index contributed by atoms with van der Waals surface area (Å²) in [7, 11) is 0. The molecule has 0 aliphatic heterocycles. The minimum atomic E-state index is -4.81. The van der Waals surface area contributed by atoms with Crippen molar-refractivity contribution in [3.8, 4) is 0 Å². The fourth-order valence-electron chi connectivity index (χ4n) is 1.42. The summed E-state index contributed by atoms with van der Waals surface area (Å²) in [6.45, 7) is 0.508. The standard InChI is InChI=1S/C9H8F3NO3/c1-5-6(4-14)2-3-7(13(15)16)8(5)9(10,11)12/h2-3,14H,4H2,1H3. The van der Waals surface area contributed by atoms with Gasteiger partial charge in [-0.05, 0) is 24.1 Å². The van der Waals surface area contributed by atoms with Crippen molar-refractivity contribution in [1.29, 1.82) is 0 Å². The number of halogens is 3. The molecule has 1 N–H and O–H groups in total. The zero-order chi connectivity index (χ0) is 12.5. The van der Waals surface area contributed by atoms with E-state index in [1.165, 1.54) is 0 Å². The normalized spacial score (nSPS) is 11.6. The summed E-state index contributed by atoms with van der Waals surface area (Å²) in [4.78, 5) is 9.38. The van der Waals surface area contributed by atoms with Gasteiger partial charge in [-0.3, -0.25) is 10.1 Å². The number of nitro benzene ring substituents is 1. The Kier molecular flexibility index (Phi) is 3.18. The molecule has 0 aliphatic carbocycles. The lowest BCUT2D eigenvalue weighted by Crippen LogP contribution is -2.12. The molecule has 0 bridgehead atoms. The number of aliphatic hydroxyl groups is 1. The second-order valence-electron chi connectivity index (χ2n) is 3.16. The molecular formula is C9H8F3NO3. The number of hydrogen-bond acceptors (Lipinski definition) is 3. The van der Waals surface area contributed by atoms with E-state index >= 15 is 0 Å². The highest BCUT2D eigenvalue weighted by Gasteiger charge is 2.40. The molecule has 0 fully saturated rings. The summed E-state index contributed by atoms with van der Waals surface area (Å²) in [6, 6.07) is 1.87. The van der Waals surface area contributed by atoms with Gasteiger partial charge in [0.1, 0.15) is 5.56 Å². The quantitative estimate of drug-likeness (QED) is 0.632. The van der Waals surface area contributed by atoms with Gasteiger partial charge in [-0.25, -0.2) is 0 Å². The molecule has 4 nitrogen and oxygen atoms in total. The van der Waals surface area contributed by atoms with Crippen LogP contribution in [0.5, 0.6) is 0 Å². The van der Waals surface area contributed by atoms with Crippen LogP contribution in [0.2, 0.25) is 0 Å². The van der Waals surface area contributed by atoms with Crippen molar-refractivity contribution in [3.05, 3.63) is 38.9 Å². The molecule has 0 unspecified atom stereocenters. The van der Waals surface area contributed by atoms with Gasteiger partial charge < -0.3 is 5.11 Å². The maximum atomic E-state index is 12.6. The van der Waals surface area contributed by atoms with Crippen molar-refractivity contribution in [2.45, 2.75) is 19.7 Å². The van der Waals surface area contributed by atoms with Crippen molar-refractivity contribution < 1.29 is 23.2 Å².